The standard InChI is InChI=1S/C70H135NO5/c1-3-5-7-9-11-13-15-17-19-21-26-30-34-38-42-46-50-54-58-62-68(73)67(66-72)71-69(74)63-59-55-51-47-43-39-35-31-28-24-23-25-29-33-37-41-45-49-53-57-61-65-76-70(75)64-60-56-52-48-44-40-36-32-27-22-20-18-16-14-12-10-8-6-4-2/h24,28,58,62,67-68,72-73H,3-23,25-27,29-57,59-61,63-66H2,1-2H3,(H,71,74)/b28-24-,62-58+. The van der Waals surface area contributed by atoms with Gasteiger partial charge in [0.2, 0.25) is 5.91 Å². The van der Waals surface area contributed by atoms with Crippen molar-refractivity contribution in [1.29, 1.82) is 0 Å². The fraction of sp³-hybridized carbons (Fsp3) is 0.914. The van der Waals surface area contributed by atoms with Gasteiger partial charge in [-0.15, -0.1) is 0 Å². The summed E-state index contributed by atoms with van der Waals surface area (Å²) >= 11 is 0. The summed E-state index contributed by atoms with van der Waals surface area (Å²) in [5.74, 6) is -0.0592. The zero-order valence-electron chi connectivity index (χ0n) is 51.5. The third-order valence-corrected chi connectivity index (χ3v) is 16.2. The van der Waals surface area contributed by atoms with Gasteiger partial charge in [-0.25, -0.2) is 0 Å². The molecule has 2 unspecified atom stereocenters. The van der Waals surface area contributed by atoms with Crippen molar-refractivity contribution >= 4 is 11.9 Å². The second-order valence-electron chi connectivity index (χ2n) is 23.9. The number of ether oxygens (including phenoxy) is 1. The maximum absolute atomic E-state index is 12.5. The average Bonchev–Trinajstić information content (AvgIpc) is 3.42. The molecule has 3 N–H and O–H groups in total. The highest BCUT2D eigenvalue weighted by molar-refractivity contribution is 5.76. The molecule has 6 heteroatoms. The van der Waals surface area contributed by atoms with Crippen LogP contribution < -0.4 is 5.32 Å². The molecule has 0 aliphatic heterocycles. The number of carbonyl (C=O) groups excluding carboxylic acids is 2. The molecule has 6 nitrogen and oxygen atoms in total. The first-order valence-corrected chi connectivity index (χ1v) is 34.6. The lowest BCUT2D eigenvalue weighted by molar-refractivity contribution is -0.143. The number of amides is 1. The summed E-state index contributed by atoms with van der Waals surface area (Å²) in [5.41, 5.74) is 0. The second kappa shape index (κ2) is 65.9. The molecule has 0 aromatic carbocycles. The van der Waals surface area contributed by atoms with Gasteiger partial charge in [0.25, 0.3) is 0 Å². The zero-order chi connectivity index (χ0) is 55.0. The first-order valence-electron chi connectivity index (χ1n) is 34.6. The van der Waals surface area contributed by atoms with Crippen molar-refractivity contribution in [2.45, 2.75) is 398 Å². The van der Waals surface area contributed by atoms with E-state index in [-0.39, 0.29) is 18.5 Å². The van der Waals surface area contributed by atoms with Crippen LogP contribution in [-0.4, -0.2) is 47.4 Å². The van der Waals surface area contributed by atoms with Crippen molar-refractivity contribution in [2.24, 2.45) is 0 Å². The lowest BCUT2D eigenvalue weighted by Gasteiger charge is -2.20. The monoisotopic (exact) mass is 1070 g/mol. The van der Waals surface area contributed by atoms with Gasteiger partial charge < -0.3 is 20.3 Å². The number of hydrogen-bond acceptors (Lipinski definition) is 5. The van der Waals surface area contributed by atoms with Crippen LogP contribution in [0.25, 0.3) is 0 Å². The highest BCUT2D eigenvalue weighted by Crippen LogP contribution is 2.18. The van der Waals surface area contributed by atoms with E-state index < -0.39 is 12.1 Å². The number of aliphatic hydroxyl groups excluding tert-OH is 2. The molecule has 0 bridgehead atoms. The second-order valence-corrected chi connectivity index (χ2v) is 23.9. The lowest BCUT2D eigenvalue weighted by atomic mass is 10.0. The van der Waals surface area contributed by atoms with E-state index in [0.717, 1.165) is 44.9 Å². The summed E-state index contributed by atoms with van der Waals surface area (Å²) < 4.78 is 5.51. The Balaban J connectivity index is 3.42. The highest BCUT2D eigenvalue weighted by Gasteiger charge is 2.18. The smallest absolute Gasteiger partial charge is 0.305 e. The summed E-state index contributed by atoms with van der Waals surface area (Å²) in [6.07, 6.45) is 82.4. The molecular weight excluding hydrogens is 935 g/mol. The zero-order valence-corrected chi connectivity index (χ0v) is 51.5. The molecule has 0 radical (unpaired) electrons. The van der Waals surface area contributed by atoms with Crippen molar-refractivity contribution in [1.82, 2.24) is 5.32 Å². The normalized spacial score (nSPS) is 12.6. The summed E-state index contributed by atoms with van der Waals surface area (Å²) in [4.78, 5) is 24.6. The molecule has 1 amide bonds. The molecule has 0 aliphatic rings. The Morgan fingerprint density at radius 1 is 0.355 bits per heavy atom. The van der Waals surface area contributed by atoms with E-state index in [0.29, 0.717) is 19.4 Å². The number of nitrogens with one attached hydrogen (secondary N) is 1. The molecule has 0 aromatic rings. The van der Waals surface area contributed by atoms with Crippen LogP contribution in [0.4, 0.5) is 0 Å². The summed E-state index contributed by atoms with van der Waals surface area (Å²) in [7, 11) is 0. The lowest BCUT2D eigenvalue weighted by Crippen LogP contribution is -2.45. The van der Waals surface area contributed by atoms with E-state index in [1.54, 1.807) is 6.08 Å². The molecule has 0 saturated heterocycles. The van der Waals surface area contributed by atoms with Gasteiger partial charge in [-0.1, -0.05) is 340 Å². The Bertz CT molecular complexity index is 1190. The van der Waals surface area contributed by atoms with Gasteiger partial charge in [-0.3, -0.25) is 9.59 Å². The van der Waals surface area contributed by atoms with Crippen molar-refractivity contribution in [3.63, 3.8) is 0 Å². The number of hydrogen-bond donors (Lipinski definition) is 3. The molecule has 0 spiro atoms. The van der Waals surface area contributed by atoms with Crippen molar-refractivity contribution in [2.75, 3.05) is 13.2 Å². The summed E-state index contributed by atoms with van der Waals surface area (Å²) in [6, 6.07) is -0.634. The van der Waals surface area contributed by atoms with Crippen LogP contribution in [0, 0.1) is 0 Å². The highest BCUT2D eigenvalue weighted by atomic mass is 16.5. The molecule has 0 heterocycles. The third-order valence-electron chi connectivity index (χ3n) is 16.2. The quantitative estimate of drug-likeness (QED) is 0.0320. The van der Waals surface area contributed by atoms with Crippen molar-refractivity contribution in [3.8, 4) is 0 Å². The van der Waals surface area contributed by atoms with Crippen LogP contribution >= 0.6 is 0 Å². The molecule has 2 atom stereocenters. The largest absolute Gasteiger partial charge is 0.466 e. The van der Waals surface area contributed by atoms with Crippen molar-refractivity contribution < 1.29 is 24.5 Å². The van der Waals surface area contributed by atoms with Crippen LogP contribution in [-0.2, 0) is 14.3 Å². The Hall–Kier alpha value is -1.66. The van der Waals surface area contributed by atoms with Crippen LogP contribution in [0.2, 0.25) is 0 Å². The Kier molecular flexibility index (Phi) is 64.4. The molecule has 76 heavy (non-hydrogen) atoms. The van der Waals surface area contributed by atoms with Gasteiger partial charge in [0.15, 0.2) is 0 Å². The van der Waals surface area contributed by atoms with E-state index in [1.807, 2.05) is 6.08 Å². The third kappa shape index (κ3) is 61.6. The topological polar surface area (TPSA) is 95.9 Å². The first-order chi connectivity index (χ1) is 37.5. The van der Waals surface area contributed by atoms with Gasteiger partial charge in [-0.2, -0.15) is 0 Å². The summed E-state index contributed by atoms with van der Waals surface area (Å²) in [5, 5.41) is 23.2. The van der Waals surface area contributed by atoms with Gasteiger partial charge in [0.05, 0.1) is 25.4 Å². The molecule has 450 valence electrons. The SMILES string of the molecule is CCCCCCCCCCCCCCCCCCC/C=C/C(O)C(CO)NC(=O)CCCCCCCCC/C=C\CCCCCCCCCCCCOC(=O)CCCCCCCCCCCCCCCCCCCCC. The first kappa shape index (κ1) is 74.3. The Morgan fingerprint density at radius 2 is 0.618 bits per heavy atom. The molecule has 0 aromatic heterocycles. The fourth-order valence-corrected chi connectivity index (χ4v) is 10.9. The van der Waals surface area contributed by atoms with E-state index in [1.165, 1.54) is 315 Å². The van der Waals surface area contributed by atoms with Crippen LogP contribution in [0.15, 0.2) is 24.3 Å². The maximum atomic E-state index is 12.5. The van der Waals surface area contributed by atoms with Crippen molar-refractivity contribution in [3.05, 3.63) is 24.3 Å². The average molecular weight is 1070 g/mol. The number of esters is 1. The number of unbranched alkanes of at least 4 members (excludes halogenated alkanes) is 52. The van der Waals surface area contributed by atoms with E-state index >= 15 is 0 Å². The molecule has 0 fully saturated rings. The van der Waals surface area contributed by atoms with Gasteiger partial charge in [0.1, 0.15) is 0 Å². The minimum Gasteiger partial charge on any atom is -0.466 e. The number of aliphatic hydroxyl groups is 2. The predicted molar refractivity (Wildman–Crippen MR) is 333 cm³/mol. The Morgan fingerprint density at radius 3 is 0.934 bits per heavy atom. The minimum atomic E-state index is -0.850. The van der Waals surface area contributed by atoms with Crippen LogP contribution in [0.3, 0.4) is 0 Å². The van der Waals surface area contributed by atoms with Crippen LogP contribution in [0.5, 0.6) is 0 Å². The Labute approximate surface area is 475 Å². The number of rotatable bonds is 65. The summed E-state index contributed by atoms with van der Waals surface area (Å²) in [6.45, 7) is 4.94. The number of carbonyl (C=O) groups is 2. The van der Waals surface area contributed by atoms with E-state index in [9.17, 15) is 19.8 Å². The fourth-order valence-electron chi connectivity index (χ4n) is 10.9. The van der Waals surface area contributed by atoms with Gasteiger partial charge in [-0.05, 0) is 57.8 Å². The molecule has 0 saturated carbocycles. The van der Waals surface area contributed by atoms with Gasteiger partial charge >= 0.3 is 5.97 Å². The van der Waals surface area contributed by atoms with E-state index in [2.05, 4.69) is 31.3 Å². The van der Waals surface area contributed by atoms with E-state index in [4.69, 9.17) is 4.74 Å². The molecule has 0 rings (SSSR count). The van der Waals surface area contributed by atoms with Gasteiger partial charge in [0, 0.05) is 12.8 Å². The minimum absolute atomic E-state index is 0.0132. The molecule has 0 aliphatic carbocycles. The van der Waals surface area contributed by atoms with Crippen LogP contribution in [0.1, 0.15) is 386 Å². The molecular formula is C70H135NO5. The predicted octanol–water partition coefficient (Wildman–Crippen LogP) is 22.1. The maximum Gasteiger partial charge on any atom is 0.305 e. The number of allylic oxidation sites excluding steroid dienone is 3.